The first kappa shape index (κ1) is 17.0. The summed E-state index contributed by atoms with van der Waals surface area (Å²) in [7, 11) is 0. The highest BCUT2D eigenvalue weighted by molar-refractivity contribution is 5.89. The van der Waals surface area contributed by atoms with Crippen molar-refractivity contribution in [3.8, 4) is 11.8 Å². The molecule has 2 aromatic rings. The van der Waals surface area contributed by atoms with Crippen molar-refractivity contribution in [2.24, 2.45) is 5.92 Å². The number of amides is 2. The largest absolute Gasteiger partial charge is 0.393 e. The fourth-order valence-electron chi connectivity index (χ4n) is 2.90. The van der Waals surface area contributed by atoms with Crippen LogP contribution in [0.25, 0.3) is 0 Å². The van der Waals surface area contributed by atoms with Crippen LogP contribution in [-0.2, 0) is 0 Å². The van der Waals surface area contributed by atoms with Gasteiger partial charge >= 0.3 is 6.03 Å². The van der Waals surface area contributed by atoms with E-state index in [1.54, 1.807) is 6.20 Å². The maximum absolute atomic E-state index is 12.0. The van der Waals surface area contributed by atoms with Crippen LogP contribution < -0.4 is 10.6 Å². The number of pyridine rings is 1. The highest BCUT2D eigenvalue weighted by atomic mass is 16.3. The zero-order valence-electron chi connectivity index (χ0n) is 13.9. The third-order valence-electron chi connectivity index (χ3n) is 4.26. The van der Waals surface area contributed by atoms with E-state index in [1.165, 1.54) is 0 Å². The van der Waals surface area contributed by atoms with Gasteiger partial charge in [-0.3, -0.25) is 0 Å². The summed E-state index contributed by atoms with van der Waals surface area (Å²) < 4.78 is 0. The van der Waals surface area contributed by atoms with Gasteiger partial charge in [0.1, 0.15) is 5.69 Å². The maximum atomic E-state index is 12.0. The van der Waals surface area contributed by atoms with E-state index in [2.05, 4.69) is 27.5 Å². The molecule has 1 aromatic heterocycles. The molecule has 128 valence electrons. The van der Waals surface area contributed by atoms with Gasteiger partial charge in [0.05, 0.1) is 6.10 Å². The molecule has 2 amide bonds. The van der Waals surface area contributed by atoms with Gasteiger partial charge in [-0.05, 0) is 49.1 Å². The van der Waals surface area contributed by atoms with Crippen LogP contribution in [0.2, 0.25) is 0 Å². The lowest BCUT2D eigenvalue weighted by molar-refractivity contribution is 0.133. The van der Waals surface area contributed by atoms with Crippen molar-refractivity contribution < 1.29 is 9.90 Å². The summed E-state index contributed by atoms with van der Waals surface area (Å²) in [6.45, 7) is 0.492. The molecule has 0 unspecified atom stereocenters. The molecule has 0 saturated heterocycles. The molecule has 5 heteroatoms. The van der Waals surface area contributed by atoms with Crippen LogP contribution in [0.4, 0.5) is 10.5 Å². The highest BCUT2D eigenvalue weighted by Crippen LogP contribution is 2.24. The summed E-state index contributed by atoms with van der Waals surface area (Å²) in [5.74, 6) is 6.19. The fourth-order valence-corrected chi connectivity index (χ4v) is 2.90. The molecule has 3 N–H and O–H groups in total. The molecule has 3 rings (SSSR count). The van der Waals surface area contributed by atoms with E-state index in [4.69, 9.17) is 0 Å². The Hall–Kier alpha value is -2.84. The van der Waals surface area contributed by atoms with Gasteiger partial charge in [-0.25, -0.2) is 9.78 Å². The highest BCUT2D eigenvalue weighted by Gasteiger charge is 2.25. The molecule has 2 atom stereocenters. The number of hydrogen-bond acceptors (Lipinski definition) is 3. The number of nitrogens with one attached hydrogen (secondary N) is 2. The Morgan fingerprint density at radius 2 is 2.12 bits per heavy atom. The summed E-state index contributed by atoms with van der Waals surface area (Å²) in [4.78, 5) is 16.2. The Labute approximate surface area is 147 Å². The number of rotatable bonds is 3. The summed E-state index contributed by atoms with van der Waals surface area (Å²) >= 11 is 0. The van der Waals surface area contributed by atoms with E-state index in [-0.39, 0.29) is 18.1 Å². The zero-order chi connectivity index (χ0) is 17.5. The molecular weight excluding hydrogens is 314 g/mol. The molecule has 0 spiro atoms. The van der Waals surface area contributed by atoms with E-state index in [0.717, 1.165) is 24.8 Å². The second-order valence-corrected chi connectivity index (χ2v) is 6.14. The summed E-state index contributed by atoms with van der Waals surface area (Å²) in [5, 5.41) is 15.4. The number of urea groups is 1. The van der Waals surface area contributed by atoms with E-state index < -0.39 is 0 Å². The van der Waals surface area contributed by atoms with Gasteiger partial charge in [-0.2, -0.15) is 0 Å². The number of aliphatic hydroxyl groups excluding tert-OH is 1. The minimum Gasteiger partial charge on any atom is -0.393 e. The van der Waals surface area contributed by atoms with Crippen LogP contribution in [0.5, 0.6) is 0 Å². The standard InChI is InChI=1S/C20H21N3O2/c24-19-9-4-6-16(19)14-22-20(25)23-18-8-3-5-15(13-18)10-11-17-7-1-2-12-21-17/h1-3,5,7-8,12-13,16,19,24H,4,6,9,14H2,(H2,22,23,25)/t16-,19+/m1/s1. The molecule has 1 aliphatic carbocycles. The van der Waals surface area contributed by atoms with Crippen LogP contribution in [-0.4, -0.2) is 28.8 Å². The molecule has 1 fully saturated rings. The van der Waals surface area contributed by atoms with Gasteiger partial charge in [0.2, 0.25) is 0 Å². The van der Waals surface area contributed by atoms with Gasteiger partial charge < -0.3 is 15.7 Å². The lowest BCUT2D eigenvalue weighted by Crippen LogP contribution is -2.35. The molecule has 1 aromatic carbocycles. The maximum Gasteiger partial charge on any atom is 0.319 e. The quantitative estimate of drug-likeness (QED) is 0.755. The monoisotopic (exact) mass is 335 g/mol. The number of nitrogens with zero attached hydrogens (tertiary/aromatic N) is 1. The Bertz CT molecular complexity index is 780. The average Bonchev–Trinajstić information content (AvgIpc) is 3.04. The first-order valence-electron chi connectivity index (χ1n) is 8.47. The molecule has 1 saturated carbocycles. The van der Waals surface area contributed by atoms with Crippen molar-refractivity contribution in [1.82, 2.24) is 10.3 Å². The molecule has 1 heterocycles. The van der Waals surface area contributed by atoms with Gasteiger partial charge in [0.15, 0.2) is 0 Å². The summed E-state index contributed by atoms with van der Waals surface area (Å²) in [6, 6.07) is 12.7. The predicted octanol–water partition coefficient (Wildman–Crippen LogP) is 2.76. The Kier molecular flexibility index (Phi) is 5.65. The minimum atomic E-state index is -0.300. The van der Waals surface area contributed by atoms with Crippen molar-refractivity contribution in [3.05, 3.63) is 59.9 Å². The van der Waals surface area contributed by atoms with Crippen molar-refractivity contribution in [2.45, 2.75) is 25.4 Å². The third kappa shape index (κ3) is 5.07. The molecule has 1 aliphatic rings. The first-order valence-corrected chi connectivity index (χ1v) is 8.47. The third-order valence-corrected chi connectivity index (χ3v) is 4.26. The topological polar surface area (TPSA) is 74.2 Å². The van der Waals surface area contributed by atoms with Crippen LogP contribution in [0.15, 0.2) is 48.7 Å². The van der Waals surface area contributed by atoms with Crippen LogP contribution in [0, 0.1) is 17.8 Å². The second kappa shape index (κ2) is 8.32. The Morgan fingerprint density at radius 1 is 1.20 bits per heavy atom. The molecule has 0 bridgehead atoms. The van der Waals surface area contributed by atoms with Crippen molar-refractivity contribution in [1.29, 1.82) is 0 Å². The fraction of sp³-hybridized carbons (Fsp3) is 0.300. The minimum absolute atomic E-state index is 0.154. The summed E-state index contributed by atoms with van der Waals surface area (Å²) in [6.07, 6.45) is 4.20. The van der Waals surface area contributed by atoms with Crippen molar-refractivity contribution in [2.75, 3.05) is 11.9 Å². The van der Waals surface area contributed by atoms with E-state index in [9.17, 15) is 9.90 Å². The normalized spacial score (nSPS) is 18.9. The van der Waals surface area contributed by atoms with E-state index >= 15 is 0 Å². The summed E-state index contributed by atoms with van der Waals surface area (Å²) in [5.41, 5.74) is 2.18. The zero-order valence-corrected chi connectivity index (χ0v) is 13.9. The second-order valence-electron chi connectivity index (χ2n) is 6.14. The van der Waals surface area contributed by atoms with Gasteiger partial charge in [0.25, 0.3) is 0 Å². The number of carbonyl (C=O) groups excluding carboxylic acids is 1. The first-order chi connectivity index (χ1) is 12.2. The molecular formula is C20H21N3O2. The van der Waals surface area contributed by atoms with Crippen LogP contribution in [0.1, 0.15) is 30.5 Å². The van der Waals surface area contributed by atoms with Gasteiger partial charge in [-0.15, -0.1) is 0 Å². The molecule has 0 aliphatic heterocycles. The average molecular weight is 335 g/mol. The number of carbonyl (C=O) groups is 1. The number of anilines is 1. The molecule has 25 heavy (non-hydrogen) atoms. The molecule has 5 nitrogen and oxygen atoms in total. The SMILES string of the molecule is O=C(NC[C@H]1CCC[C@@H]1O)Nc1cccc(C#Cc2ccccn2)c1. The predicted molar refractivity (Wildman–Crippen MR) is 97.0 cm³/mol. The van der Waals surface area contributed by atoms with Crippen LogP contribution >= 0.6 is 0 Å². The number of aromatic nitrogens is 1. The van der Waals surface area contributed by atoms with Crippen molar-refractivity contribution in [3.63, 3.8) is 0 Å². The smallest absolute Gasteiger partial charge is 0.319 e. The Morgan fingerprint density at radius 3 is 2.88 bits per heavy atom. The van der Waals surface area contributed by atoms with Crippen molar-refractivity contribution >= 4 is 11.7 Å². The Balaban J connectivity index is 1.56. The number of aliphatic hydroxyl groups is 1. The number of benzene rings is 1. The lowest BCUT2D eigenvalue weighted by atomic mass is 10.1. The van der Waals surface area contributed by atoms with Gasteiger partial charge in [0, 0.05) is 29.9 Å². The van der Waals surface area contributed by atoms with Crippen LogP contribution in [0.3, 0.4) is 0 Å². The van der Waals surface area contributed by atoms with E-state index in [0.29, 0.717) is 17.9 Å². The molecule has 0 radical (unpaired) electrons. The number of hydrogen-bond donors (Lipinski definition) is 3. The van der Waals surface area contributed by atoms with Gasteiger partial charge in [-0.1, -0.05) is 24.5 Å². The van der Waals surface area contributed by atoms with E-state index in [1.807, 2.05) is 42.5 Å². The lowest BCUT2D eigenvalue weighted by Gasteiger charge is -2.15.